The van der Waals surface area contributed by atoms with E-state index < -0.39 is 11.9 Å². The second-order valence-electron chi connectivity index (χ2n) is 5.37. The van der Waals surface area contributed by atoms with E-state index in [1.165, 1.54) is 24.7 Å². The smallest absolute Gasteiger partial charge is 0.325 e. The molecular weight excluding hydrogens is 328 g/mol. The van der Waals surface area contributed by atoms with Gasteiger partial charge in [-0.1, -0.05) is 17.4 Å². The van der Waals surface area contributed by atoms with Crippen molar-refractivity contribution in [1.82, 2.24) is 4.57 Å². The number of fused-ring (bicyclic) bond motifs is 1. The fourth-order valence-electron chi connectivity index (χ4n) is 2.56. The largest absolute Gasteiger partial charge is 0.468 e. The number of ether oxygens (including phenoxy) is 1. The summed E-state index contributed by atoms with van der Waals surface area (Å²) in [6, 6.07) is 7.22. The monoisotopic (exact) mass is 344 g/mol. The molecule has 0 saturated carbocycles. The molecule has 7 heteroatoms. The molecule has 2 aromatic heterocycles. The summed E-state index contributed by atoms with van der Waals surface area (Å²) >= 11 is 1.36. The fraction of sp³-hybridized carbons (Fsp3) is 0.235. The van der Waals surface area contributed by atoms with Crippen LogP contribution in [0.5, 0.6) is 0 Å². The minimum Gasteiger partial charge on any atom is -0.468 e. The van der Waals surface area contributed by atoms with Crippen LogP contribution in [0.15, 0.2) is 39.9 Å². The quantitative estimate of drug-likeness (QED) is 0.685. The Labute approximate surface area is 142 Å². The molecule has 3 rings (SSSR count). The Morgan fingerprint density at radius 1 is 1.33 bits per heavy atom. The van der Waals surface area contributed by atoms with Gasteiger partial charge in [-0.05, 0) is 43.2 Å². The Kier molecular flexibility index (Phi) is 4.35. The first-order chi connectivity index (χ1) is 11.5. The summed E-state index contributed by atoms with van der Waals surface area (Å²) in [7, 11) is 1.33. The van der Waals surface area contributed by atoms with Gasteiger partial charge in [0.05, 0.1) is 23.6 Å². The zero-order valence-corrected chi connectivity index (χ0v) is 14.3. The van der Waals surface area contributed by atoms with Crippen LogP contribution in [0, 0.1) is 13.8 Å². The maximum atomic E-state index is 12.2. The van der Waals surface area contributed by atoms with E-state index in [2.05, 4.69) is 4.99 Å². The van der Waals surface area contributed by atoms with Gasteiger partial charge in [0.1, 0.15) is 6.54 Å². The third-order valence-corrected chi connectivity index (χ3v) is 4.58. The number of amides is 1. The van der Waals surface area contributed by atoms with Gasteiger partial charge in [-0.25, -0.2) is 0 Å². The highest BCUT2D eigenvalue weighted by Gasteiger charge is 2.15. The Balaban J connectivity index is 2.22. The Morgan fingerprint density at radius 2 is 2.12 bits per heavy atom. The van der Waals surface area contributed by atoms with E-state index in [9.17, 15) is 9.59 Å². The standard InChI is InChI=1S/C17H16N2O4S/c1-10-7-11(2)15-13(8-10)24-17(19(15)9-14(20)22-3)18-16(21)12-5-4-6-23-12/h4-8H,9H2,1-3H3. The lowest BCUT2D eigenvalue weighted by Crippen LogP contribution is -2.22. The molecule has 1 aromatic carbocycles. The van der Waals surface area contributed by atoms with Crippen LogP contribution in [-0.4, -0.2) is 23.6 Å². The highest BCUT2D eigenvalue weighted by Crippen LogP contribution is 2.23. The molecule has 0 aliphatic rings. The van der Waals surface area contributed by atoms with Gasteiger partial charge in [0.15, 0.2) is 10.6 Å². The highest BCUT2D eigenvalue weighted by atomic mass is 32.1. The van der Waals surface area contributed by atoms with Crippen molar-refractivity contribution in [2.24, 2.45) is 4.99 Å². The first-order valence-corrected chi connectivity index (χ1v) is 8.11. The summed E-state index contributed by atoms with van der Waals surface area (Å²) in [5.74, 6) is -0.730. The second kappa shape index (κ2) is 6.45. The number of methoxy groups -OCH3 is 1. The molecule has 0 aliphatic carbocycles. The average molecular weight is 344 g/mol. The van der Waals surface area contributed by atoms with Crippen LogP contribution in [0.3, 0.4) is 0 Å². The summed E-state index contributed by atoms with van der Waals surface area (Å²) in [5.41, 5.74) is 2.99. The predicted molar refractivity (Wildman–Crippen MR) is 89.9 cm³/mol. The zero-order valence-electron chi connectivity index (χ0n) is 13.5. The van der Waals surface area contributed by atoms with Gasteiger partial charge >= 0.3 is 11.9 Å². The van der Waals surface area contributed by atoms with Gasteiger partial charge in [0, 0.05) is 0 Å². The molecule has 0 bridgehead atoms. The molecule has 0 atom stereocenters. The Bertz CT molecular complexity index is 980. The van der Waals surface area contributed by atoms with E-state index in [1.807, 2.05) is 26.0 Å². The van der Waals surface area contributed by atoms with Crippen molar-refractivity contribution in [2.45, 2.75) is 20.4 Å². The number of aromatic nitrogens is 1. The van der Waals surface area contributed by atoms with Gasteiger partial charge in [-0.15, -0.1) is 0 Å². The third kappa shape index (κ3) is 3.03. The van der Waals surface area contributed by atoms with Gasteiger partial charge in [0.25, 0.3) is 0 Å². The molecular formula is C17H16N2O4S. The molecule has 0 N–H and O–H groups in total. The number of hydrogen-bond donors (Lipinski definition) is 0. The van der Waals surface area contributed by atoms with E-state index >= 15 is 0 Å². The first-order valence-electron chi connectivity index (χ1n) is 7.29. The molecule has 0 unspecified atom stereocenters. The summed E-state index contributed by atoms with van der Waals surface area (Å²) in [6.45, 7) is 3.96. The number of thiazole rings is 1. The molecule has 0 aliphatic heterocycles. The molecule has 1 amide bonds. The second-order valence-corrected chi connectivity index (χ2v) is 6.38. The molecule has 0 saturated heterocycles. The molecule has 0 spiro atoms. The summed E-state index contributed by atoms with van der Waals surface area (Å²) in [5, 5.41) is 0. The van der Waals surface area contributed by atoms with Crippen LogP contribution < -0.4 is 4.80 Å². The van der Waals surface area contributed by atoms with Gasteiger partial charge in [-0.2, -0.15) is 4.99 Å². The lowest BCUT2D eigenvalue weighted by molar-refractivity contribution is -0.141. The number of furan rings is 1. The van der Waals surface area contributed by atoms with Crippen molar-refractivity contribution in [3.8, 4) is 0 Å². The zero-order chi connectivity index (χ0) is 17.3. The summed E-state index contributed by atoms with van der Waals surface area (Å²) in [6.07, 6.45) is 1.42. The summed E-state index contributed by atoms with van der Waals surface area (Å²) < 4.78 is 12.5. The topological polar surface area (TPSA) is 73.8 Å². The van der Waals surface area contributed by atoms with E-state index in [0.29, 0.717) is 4.80 Å². The predicted octanol–water partition coefficient (Wildman–Crippen LogP) is 2.83. The van der Waals surface area contributed by atoms with Crippen molar-refractivity contribution >= 4 is 33.4 Å². The van der Waals surface area contributed by atoms with Crippen molar-refractivity contribution in [3.63, 3.8) is 0 Å². The van der Waals surface area contributed by atoms with E-state index in [0.717, 1.165) is 21.3 Å². The maximum absolute atomic E-state index is 12.2. The highest BCUT2D eigenvalue weighted by molar-refractivity contribution is 7.16. The number of hydrogen-bond acceptors (Lipinski definition) is 5. The van der Waals surface area contributed by atoms with E-state index in [-0.39, 0.29) is 12.3 Å². The minimum atomic E-state index is -0.487. The molecule has 24 heavy (non-hydrogen) atoms. The number of nitrogens with zero attached hydrogens (tertiary/aromatic N) is 2. The lowest BCUT2D eigenvalue weighted by atomic mass is 10.1. The van der Waals surface area contributed by atoms with E-state index in [4.69, 9.17) is 9.15 Å². The number of benzene rings is 1. The molecule has 124 valence electrons. The van der Waals surface area contributed by atoms with Gasteiger partial charge in [-0.3, -0.25) is 9.59 Å². The van der Waals surface area contributed by atoms with Crippen molar-refractivity contribution in [2.75, 3.05) is 7.11 Å². The molecule has 0 fully saturated rings. The molecule has 6 nitrogen and oxygen atoms in total. The van der Waals surface area contributed by atoms with Crippen LogP contribution in [0.25, 0.3) is 10.2 Å². The SMILES string of the molecule is COC(=O)Cn1c(=NC(=O)c2ccco2)sc2cc(C)cc(C)c21. The average Bonchev–Trinajstić information content (AvgIpc) is 3.16. The van der Waals surface area contributed by atoms with Gasteiger partial charge in [0.2, 0.25) is 0 Å². The number of carbonyl (C=O) groups is 2. The molecule has 2 heterocycles. The number of rotatable bonds is 3. The van der Waals surface area contributed by atoms with Gasteiger partial charge < -0.3 is 13.7 Å². The van der Waals surface area contributed by atoms with E-state index in [1.54, 1.807) is 16.7 Å². The molecule has 0 radical (unpaired) electrons. The minimum absolute atomic E-state index is 0.00926. The van der Waals surface area contributed by atoms with Crippen LogP contribution in [0.2, 0.25) is 0 Å². The lowest BCUT2D eigenvalue weighted by Gasteiger charge is -2.06. The van der Waals surface area contributed by atoms with Crippen LogP contribution >= 0.6 is 11.3 Å². The first kappa shape index (κ1) is 16.2. The molecule has 3 aromatic rings. The Morgan fingerprint density at radius 3 is 2.79 bits per heavy atom. The van der Waals surface area contributed by atoms with Crippen LogP contribution in [0.1, 0.15) is 21.7 Å². The summed E-state index contributed by atoms with van der Waals surface area (Å²) in [4.78, 5) is 28.6. The van der Waals surface area contributed by atoms with Crippen molar-refractivity contribution in [1.29, 1.82) is 0 Å². The fourth-order valence-corrected chi connectivity index (χ4v) is 3.76. The number of esters is 1. The van der Waals surface area contributed by atoms with Crippen molar-refractivity contribution < 1.29 is 18.7 Å². The third-order valence-electron chi connectivity index (χ3n) is 3.56. The maximum Gasteiger partial charge on any atom is 0.325 e. The Hall–Kier alpha value is -2.67. The number of carbonyl (C=O) groups excluding carboxylic acids is 2. The normalized spacial score (nSPS) is 11.9. The van der Waals surface area contributed by atoms with Crippen molar-refractivity contribution in [3.05, 3.63) is 52.2 Å². The van der Waals surface area contributed by atoms with Crippen LogP contribution in [-0.2, 0) is 16.1 Å². The number of aryl methyl sites for hydroxylation is 2. The van der Waals surface area contributed by atoms with Crippen LogP contribution in [0.4, 0.5) is 0 Å².